The number of carboxylic acid groups (broad SMARTS) is 1. The zero-order valence-electron chi connectivity index (χ0n) is 6.67. The molecular formula is C7H9NO3S2. The molecule has 0 aromatic carbocycles. The summed E-state index contributed by atoms with van der Waals surface area (Å²) in [7, 11) is -1.29. The van der Waals surface area contributed by atoms with E-state index < -0.39 is 22.8 Å². The highest BCUT2D eigenvalue weighted by Gasteiger charge is 2.16. The first-order chi connectivity index (χ1) is 6.11. The third-order valence-corrected chi connectivity index (χ3v) is 4.12. The Balaban J connectivity index is 2.56. The molecule has 1 heterocycles. The van der Waals surface area contributed by atoms with E-state index in [2.05, 4.69) is 0 Å². The zero-order valence-corrected chi connectivity index (χ0v) is 8.31. The van der Waals surface area contributed by atoms with Gasteiger partial charge in [-0.15, -0.1) is 11.3 Å². The summed E-state index contributed by atoms with van der Waals surface area (Å²) in [6.45, 7) is 0. The summed E-state index contributed by atoms with van der Waals surface area (Å²) in [6, 6.07) is 2.42. The molecule has 0 radical (unpaired) electrons. The smallest absolute Gasteiger partial charge is 0.321 e. The Hall–Kier alpha value is -0.720. The Morgan fingerprint density at radius 2 is 2.46 bits per heavy atom. The van der Waals surface area contributed by atoms with E-state index in [1.54, 1.807) is 17.5 Å². The van der Waals surface area contributed by atoms with E-state index in [0.717, 1.165) is 0 Å². The Bertz CT molecular complexity index is 310. The second-order valence-corrected chi connectivity index (χ2v) is 5.06. The monoisotopic (exact) mass is 219 g/mol. The first kappa shape index (κ1) is 10.4. The predicted octanol–water partition coefficient (Wildman–Crippen LogP) is 0.268. The van der Waals surface area contributed by atoms with Gasteiger partial charge in [-0.2, -0.15) is 0 Å². The average Bonchev–Trinajstić information content (AvgIpc) is 2.55. The van der Waals surface area contributed by atoms with Crippen LogP contribution in [0.4, 0.5) is 0 Å². The van der Waals surface area contributed by atoms with Crippen molar-refractivity contribution in [2.45, 2.75) is 10.3 Å². The van der Waals surface area contributed by atoms with Crippen LogP contribution in [0.5, 0.6) is 0 Å². The summed E-state index contributed by atoms with van der Waals surface area (Å²) in [5, 5.41) is 10.3. The van der Waals surface area contributed by atoms with E-state index >= 15 is 0 Å². The fourth-order valence-electron chi connectivity index (χ4n) is 0.710. The van der Waals surface area contributed by atoms with Crippen molar-refractivity contribution in [3.05, 3.63) is 17.5 Å². The molecule has 1 aromatic heterocycles. The molecule has 2 atom stereocenters. The van der Waals surface area contributed by atoms with Crippen LogP contribution < -0.4 is 5.73 Å². The van der Waals surface area contributed by atoms with Crippen LogP contribution in [0.3, 0.4) is 0 Å². The quantitative estimate of drug-likeness (QED) is 0.761. The van der Waals surface area contributed by atoms with Crippen LogP contribution in [0.1, 0.15) is 0 Å². The predicted molar refractivity (Wildman–Crippen MR) is 51.2 cm³/mol. The molecule has 0 bridgehead atoms. The lowest BCUT2D eigenvalue weighted by Crippen LogP contribution is -2.35. The third-order valence-electron chi connectivity index (χ3n) is 1.37. The minimum Gasteiger partial charge on any atom is -0.480 e. The molecule has 0 fully saturated rings. The fraction of sp³-hybridized carbons (Fsp3) is 0.286. The molecule has 0 amide bonds. The molecule has 0 spiro atoms. The normalized spacial score (nSPS) is 15.2. The van der Waals surface area contributed by atoms with Gasteiger partial charge in [0.05, 0.1) is 20.8 Å². The summed E-state index contributed by atoms with van der Waals surface area (Å²) < 4.78 is 12.1. The van der Waals surface area contributed by atoms with Crippen LogP contribution in [0, 0.1) is 0 Å². The van der Waals surface area contributed by atoms with Gasteiger partial charge < -0.3 is 10.8 Å². The number of thiophene rings is 1. The van der Waals surface area contributed by atoms with Gasteiger partial charge in [-0.25, -0.2) is 0 Å². The second kappa shape index (κ2) is 4.50. The lowest BCUT2D eigenvalue weighted by atomic mass is 10.4. The number of hydrogen-bond acceptors (Lipinski definition) is 4. The van der Waals surface area contributed by atoms with E-state index in [4.69, 9.17) is 10.8 Å². The molecule has 6 heteroatoms. The molecule has 2 unspecified atom stereocenters. The minimum atomic E-state index is -1.29. The van der Waals surface area contributed by atoms with E-state index in [1.807, 2.05) is 0 Å². The molecular weight excluding hydrogens is 210 g/mol. The zero-order chi connectivity index (χ0) is 9.84. The Morgan fingerprint density at radius 3 is 2.92 bits per heavy atom. The fourth-order valence-corrected chi connectivity index (χ4v) is 2.82. The molecule has 1 rings (SSSR count). The van der Waals surface area contributed by atoms with Crippen LogP contribution in [0.2, 0.25) is 0 Å². The molecule has 0 aliphatic heterocycles. The Kier molecular flexibility index (Phi) is 3.58. The molecule has 0 aliphatic carbocycles. The average molecular weight is 219 g/mol. The van der Waals surface area contributed by atoms with Crippen LogP contribution in [0.15, 0.2) is 21.7 Å². The molecule has 3 N–H and O–H groups in total. The van der Waals surface area contributed by atoms with Crippen molar-refractivity contribution >= 4 is 28.1 Å². The first-order valence-electron chi connectivity index (χ1n) is 3.51. The summed E-state index contributed by atoms with van der Waals surface area (Å²) in [6.07, 6.45) is 0. The third kappa shape index (κ3) is 2.91. The first-order valence-corrected chi connectivity index (χ1v) is 5.71. The number of nitrogens with two attached hydrogens (primary N) is 1. The van der Waals surface area contributed by atoms with Crippen molar-refractivity contribution in [1.29, 1.82) is 0 Å². The molecule has 13 heavy (non-hydrogen) atoms. The summed E-state index contributed by atoms with van der Waals surface area (Å²) in [4.78, 5) is 10.3. The van der Waals surface area contributed by atoms with E-state index in [9.17, 15) is 9.00 Å². The highest BCUT2D eigenvalue weighted by Crippen LogP contribution is 2.14. The molecule has 1 aromatic rings. The Labute approximate surface area is 81.8 Å². The van der Waals surface area contributed by atoms with Gasteiger partial charge in [0.1, 0.15) is 6.04 Å². The van der Waals surface area contributed by atoms with Crippen molar-refractivity contribution in [3.63, 3.8) is 0 Å². The summed E-state index contributed by atoms with van der Waals surface area (Å²) >= 11 is 1.34. The second-order valence-electron chi connectivity index (χ2n) is 2.39. The van der Waals surface area contributed by atoms with Gasteiger partial charge in [-0.05, 0) is 11.4 Å². The van der Waals surface area contributed by atoms with E-state index in [0.29, 0.717) is 4.21 Å². The van der Waals surface area contributed by atoms with Crippen molar-refractivity contribution in [3.8, 4) is 0 Å². The number of carboxylic acids is 1. The summed E-state index contributed by atoms with van der Waals surface area (Å²) in [5.74, 6) is -1.15. The maximum absolute atomic E-state index is 11.4. The van der Waals surface area contributed by atoms with Crippen molar-refractivity contribution in [1.82, 2.24) is 0 Å². The topological polar surface area (TPSA) is 80.4 Å². The minimum absolute atomic E-state index is 0.0319. The Morgan fingerprint density at radius 1 is 1.77 bits per heavy atom. The highest BCUT2D eigenvalue weighted by molar-refractivity contribution is 7.87. The van der Waals surface area contributed by atoms with Gasteiger partial charge >= 0.3 is 5.97 Å². The molecule has 0 aliphatic rings. The van der Waals surface area contributed by atoms with Crippen molar-refractivity contribution < 1.29 is 14.1 Å². The highest BCUT2D eigenvalue weighted by atomic mass is 32.2. The maximum atomic E-state index is 11.4. The van der Waals surface area contributed by atoms with Crippen molar-refractivity contribution in [2.24, 2.45) is 5.73 Å². The lowest BCUT2D eigenvalue weighted by Gasteiger charge is -2.03. The van der Waals surface area contributed by atoms with Gasteiger partial charge in [-0.1, -0.05) is 6.07 Å². The van der Waals surface area contributed by atoms with Crippen LogP contribution in [-0.2, 0) is 15.6 Å². The van der Waals surface area contributed by atoms with Gasteiger partial charge in [-0.3, -0.25) is 9.00 Å². The van der Waals surface area contributed by atoms with Gasteiger partial charge in [0.15, 0.2) is 0 Å². The number of hydrogen-bond donors (Lipinski definition) is 2. The number of carbonyl (C=O) groups is 1. The molecule has 0 saturated heterocycles. The SMILES string of the molecule is NC(CS(=O)c1cccs1)C(=O)O. The number of rotatable bonds is 4. The van der Waals surface area contributed by atoms with Crippen molar-refractivity contribution in [2.75, 3.05) is 5.75 Å². The standard InChI is InChI=1S/C7H9NO3S2/c8-5(7(9)10)4-13(11)6-2-1-3-12-6/h1-3,5H,4,8H2,(H,9,10). The van der Waals surface area contributed by atoms with Crippen LogP contribution in [0.25, 0.3) is 0 Å². The van der Waals surface area contributed by atoms with Crippen LogP contribution >= 0.6 is 11.3 Å². The summed E-state index contributed by atoms with van der Waals surface area (Å²) in [5.41, 5.74) is 5.24. The lowest BCUT2D eigenvalue weighted by molar-refractivity contribution is -0.137. The van der Waals surface area contributed by atoms with Gasteiger partial charge in [0.25, 0.3) is 0 Å². The van der Waals surface area contributed by atoms with E-state index in [1.165, 1.54) is 11.3 Å². The van der Waals surface area contributed by atoms with Gasteiger partial charge in [0.2, 0.25) is 0 Å². The molecule has 72 valence electrons. The largest absolute Gasteiger partial charge is 0.480 e. The van der Waals surface area contributed by atoms with E-state index in [-0.39, 0.29) is 5.75 Å². The van der Waals surface area contributed by atoms with Gasteiger partial charge in [0, 0.05) is 0 Å². The maximum Gasteiger partial charge on any atom is 0.321 e. The number of aliphatic carboxylic acids is 1. The van der Waals surface area contributed by atoms with Crippen LogP contribution in [-0.4, -0.2) is 27.1 Å². The molecule has 4 nitrogen and oxygen atoms in total. The molecule has 0 saturated carbocycles.